The average Bonchev–Trinajstić information content (AvgIpc) is 2.45. The van der Waals surface area contributed by atoms with E-state index in [2.05, 4.69) is 32.0 Å². The maximum Gasteiger partial charge on any atom is 0.238 e. The molecule has 0 saturated heterocycles. The Morgan fingerprint density at radius 3 is 2.41 bits per heavy atom. The summed E-state index contributed by atoms with van der Waals surface area (Å²) in [6.45, 7) is 7.86. The molecule has 2 aromatic rings. The van der Waals surface area contributed by atoms with Gasteiger partial charge in [0.25, 0.3) is 0 Å². The third-order valence-electron chi connectivity index (χ3n) is 4.10. The van der Waals surface area contributed by atoms with Crippen molar-refractivity contribution in [1.29, 1.82) is 0 Å². The summed E-state index contributed by atoms with van der Waals surface area (Å²) in [7, 11) is -2.55. The lowest BCUT2D eigenvalue weighted by molar-refractivity contribution is 0.623. The Balaban J connectivity index is 2.76. The zero-order chi connectivity index (χ0) is 16.4. The van der Waals surface area contributed by atoms with Crippen LogP contribution in [-0.2, 0) is 10.3 Å². The van der Waals surface area contributed by atoms with Gasteiger partial charge in [-0.2, -0.15) is 8.42 Å². The summed E-state index contributed by atoms with van der Waals surface area (Å²) >= 11 is 0. The van der Waals surface area contributed by atoms with Gasteiger partial charge in [0.05, 0.1) is 0 Å². The van der Waals surface area contributed by atoms with Gasteiger partial charge in [-0.3, -0.25) is 0 Å². The molecule has 0 N–H and O–H groups in total. The van der Waals surface area contributed by atoms with Crippen LogP contribution >= 0.6 is 0 Å². The summed E-state index contributed by atoms with van der Waals surface area (Å²) in [4.78, 5) is 0. The molecule has 5 heteroatoms. The zero-order valence-electron chi connectivity index (χ0n) is 13.3. The number of hydrogen-bond acceptors (Lipinski definition) is 3. The van der Waals surface area contributed by atoms with Crippen LogP contribution in [0.25, 0.3) is 0 Å². The van der Waals surface area contributed by atoms with Crippen molar-refractivity contribution in [3.8, 4) is 0 Å². The molecule has 0 aliphatic carbocycles. The number of hydrogen-bond donors (Lipinski definition) is 0. The van der Waals surface area contributed by atoms with Crippen LogP contribution in [-0.4, -0.2) is 13.1 Å². The van der Waals surface area contributed by atoms with Gasteiger partial charge in [0, 0.05) is 5.92 Å². The van der Waals surface area contributed by atoms with E-state index in [-0.39, 0.29) is 10.6 Å². The van der Waals surface area contributed by atoms with Crippen molar-refractivity contribution in [3.05, 3.63) is 68.1 Å². The molecule has 2 rings (SSSR count). The Morgan fingerprint density at radius 1 is 1.14 bits per heavy atom. The van der Waals surface area contributed by atoms with Crippen LogP contribution in [0, 0.1) is 30.6 Å². The Morgan fingerprint density at radius 2 is 1.82 bits per heavy atom. The molecule has 0 saturated carbocycles. The number of nitrogens with zero attached hydrogens (tertiary/aromatic N) is 1. The lowest BCUT2D eigenvalue weighted by atomic mass is 9.84. The van der Waals surface area contributed by atoms with Crippen LogP contribution in [0.3, 0.4) is 0 Å². The number of aryl methyl sites for hydroxylation is 2. The number of pyridine rings is 1. The summed E-state index contributed by atoms with van der Waals surface area (Å²) in [6.07, 6.45) is 2.11. The average molecular weight is 318 g/mol. The second-order valence-electron chi connectivity index (χ2n) is 5.58. The molecule has 1 aromatic carbocycles. The predicted molar refractivity (Wildman–Crippen MR) is 88.1 cm³/mol. The van der Waals surface area contributed by atoms with E-state index in [0.717, 1.165) is 12.0 Å². The van der Waals surface area contributed by atoms with Gasteiger partial charge in [-0.25, -0.2) is 0 Å². The minimum Gasteiger partial charge on any atom is -0.805 e. The van der Waals surface area contributed by atoms with E-state index in [4.69, 9.17) is 0 Å². The second-order valence-corrected chi connectivity index (χ2v) is 6.44. The molecule has 22 heavy (non-hydrogen) atoms. The standard InChI is InChI=1S/C17H20NO3S/c1-5-14(16-10-11(2)6-7-12(16)3)15-8-9-18(19)17(13(15)4)22(20)21/h6-10,14H,5H2,1-4H3/q-1. The van der Waals surface area contributed by atoms with Gasteiger partial charge in [-0.1, -0.05) is 30.7 Å². The minimum atomic E-state index is -2.55. The SMILES string of the molecule is CCC(c1cc(C)ccc1C)c1ccn([O-])c(=S(=O)=O)c1C. The van der Waals surface area contributed by atoms with E-state index in [9.17, 15) is 13.6 Å². The molecule has 1 heterocycles. The van der Waals surface area contributed by atoms with Gasteiger partial charge in [0.15, 0.2) is 4.64 Å². The van der Waals surface area contributed by atoms with Gasteiger partial charge in [-0.15, -0.1) is 0 Å². The molecule has 0 bridgehead atoms. The lowest BCUT2D eigenvalue weighted by Gasteiger charge is -2.23. The molecule has 0 aliphatic heterocycles. The second kappa shape index (κ2) is 6.40. The summed E-state index contributed by atoms with van der Waals surface area (Å²) in [5.41, 5.74) is 4.93. The van der Waals surface area contributed by atoms with Crippen LogP contribution in [0.5, 0.6) is 0 Å². The van der Waals surface area contributed by atoms with Crippen molar-refractivity contribution in [3.63, 3.8) is 0 Å². The van der Waals surface area contributed by atoms with Crippen LogP contribution < -0.4 is 0 Å². The maximum atomic E-state index is 11.7. The minimum absolute atomic E-state index is 0.0726. The van der Waals surface area contributed by atoms with E-state index in [1.807, 2.05) is 6.92 Å². The van der Waals surface area contributed by atoms with Gasteiger partial charge in [0.1, 0.15) is 0 Å². The van der Waals surface area contributed by atoms with Crippen molar-refractivity contribution in [2.24, 2.45) is 0 Å². The van der Waals surface area contributed by atoms with Crippen LogP contribution in [0.1, 0.15) is 47.1 Å². The third kappa shape index (κ3) is 2.95. The first-order chi connectivity index (χ1) is 10.4. The van der Waals surface area contributed by atoms with Crippen molar-refractivity contribution in [2.75, 3.05) is 0 Å². The highest BCUT2D eigenvalue weighted by molar-refractivity contribution is 7.63. The lowest BCUT2D eigenvalue weighted by Crippen LogP contribution is -2.08. The molecule has 1 aromatic heterocycles. The molecule has 0 fully saturated rings. The molecule has 4 nitrogen and oxygen atoms in total. The van der Waals surface area contributed by atoms with Crippen molar-refractivity contribution < 1.29 is 8.42 Å². The topological polar surface area (TPSA) is 62.1 Å². The molecule has 0 spiro atoms. The Hall–Kier alpha value is -2.01. The normalized spacial score (nSPS) is 12.2. The highest BCUT2D eigenvalue weighted by atomic mass is 32.2. The fourth-order valence-electron chi connectivity index (χ4n) is 2.95. The van der Waals surface area contributed by atoms with Gasteiger partial charge < -0.3 is 9.94 Å². The summed E-state index contributed by atoms with van der Waals surface area (Å²) in [6, 6.07) is 8.00. The van der Waals surface area contributed by atoms with E-state index >= 15 is 0 Å². The monoisotopic (exact) mass is 318 g/mol. The predicted octanol–water partition coefficient (Wildman–Crippen LogP) is 3.71. The maximum absolute atomic E-state index is 11.7. The van der Waals surface area contributed by atoms with E-state index in [1.54, 1.807) is 13.0 Å². The molecule has 0 radical (unpaired) electrons. The zero-order valence-corrected chi connectivity index (χ0v) is 14.1. The summed E-state index contributed by atoms with van der Waals surface area (Å²) in [5, 5.41) is 11.7. The van der Waals surface area contributed by atoms with Crippen molar-refractivity contribution in [1.82, 2.24) is 4.73 Å². The van der Waals surface area contributed by atoms with Crippen molar-refractivity contribution >= 4 is 10.3 Å². The first kappa shape index (κ1) is 16.4. The summed E-state index contributed by atoms with van der Waals surface area (Å²) < 4.78 is 22.9. The van der Waals surface area contributed by atoms with Gasteiger partial charge in [0.2, 0.25) is 10.3 Å². The molecule has 0 aliphatic rings. The number of aromatic nitrogens is 1. The smallest absolute Gasteiger partial charge is 0.238 e. The molecular formula is C17H20NO3S-. The highest BCUT2D eigenvalue weighted by Crippen LogP contribution is 2.32. The highest BCUT2D eigenvalue weighted by Gasteiger charge is 2.17. The van der Waals surface area contributed by atoms with Crippen LogP contribution in [0.4, 0.5) is 0 Å². The number of rotatable bonds is 3. The van der Waals surface area contributed by atoms with Crippen LogP contribution in [0.15, 0.2) is 30.5 Å². The van der Waals surface area contributed by atoms with E-state index in [1.165, 1.54) is 22.9 Å². The first-order valence-corrected chi connectivity index (χ1v) is 8.33. The largest absolute Gasteiger partial charge is 0.805 e. The fraction of sp³-hybridized carbons (Fsp3) is 0.353. The van der Waals surface area contributed by atoms with E-state index in [0.29, 0.717) is 10.3 Å². The van der Waals surface area contributed by atoms with Gasteiger partial charge in [-0.05, 0) is 61.7 Å². The Labute approximate surface area is 132 Å². The van der Waals surface area contributed by atoms with E-state index < -0.39 is 10.3 Å². The molecule has 118 valence electrons. The molecule has 0 amide bonds. The molecular weight excluding hydrogens is 298 g/mol. The fourth-order valence-corrected chi connectivity index (χ4v) is 3.52. The quantitative estimate of drug-likeness (QED) is 0.810. The van der Waals surface area contributed by atoms with Crippen LogP contribution in [0.2, 0.25) is 0 Å². The molecule has 1 atom stereocenters. The third-order valence-corrected chi connectivity index (χ3v) is 4.90. The van der Waals surface area contributed by atoms with Crippen molar-refractivity contribution in [2.45, 2.75) is 40.0 Å². The molecule has 1 unspecified atom stereocenters. The summed E-state index contributed by atoms with van der Waals surface area (Å²) in [5.74, 6) is 0.0726. The first-order valence-electron chi connectivity index (χ1n) is 7.25. The number of benzene rings is 1. The van der Waals surface area contributed by atoms with Gasteiger partial charge >= 0.3 is 0 Å². The Bertz CT molecular complexity index is 871. The Kier molecular flexibility index (Phi) is 4.76.